The normalized spacial score (nSPS) is 14.9. The Morgan fingerprint density at radius 2 is 2.36 bits per heavy atom. The number of rotatable bonds is 3. The lowest BCUT2D eigenvalue weighted by Gasteiger charge is -2.17. The number of ether oxygens (including phenoxy) is 1. The van der Waals surface area contributed by atoms with Crippen LogP contribution in [0.2, 0.25) is 0 Å². The van der Waals surface area contributed by atoms with Crippen molar-refractivity contribution < 1.29 is 19.1 Å². The lowest BCUT2D eigenvalue weighted by Crippen LogP contribution is -2.36. The Labute approximate surface area is 81.5 Å². The van der Waals surface area contributed by atoms with Gasteiger partial charge < -0.3 is 20.0 Å². The second-order valence-corrected chi connectivity index (χ2v) is 3.23. The summed E-state index contributed by atoms with van der Waals surface area (Å²) in [5, 5.41) is 8.95. The molecule has 78 valence electrons. The molecule has 1 rings (SSSR count). The number of hydrogen-bond acceptors (Lipinski definition) is 5. The molecular weight excluding hydrogens is 186 g/mol. The van der Waals surface area contributed by atoms with Gasteiger partial charge in [-0.05, 0) is 19.1 Å². The predicted molar refractivity (Wildman–Crippen MR) is 48.7 cm³/mol. The van der Waals surface area contributed by atoms with Gasteiger partial charge in [-0.25, -0.2) is 4.79 Å². The molecule has 0 aromatic carbocycles. The topological polar surface area (TPSA) is 85.7 Å². The standard InChI is InChI=1S/C9H13NO4/c1-9(10,5-11)7-4-3-6(14-7)8(12)13-2/h3-4,11H,5,10H2,1-2H3. The number of carbonyl (C=O) groups is 1. The fourth-order valence-corrected chi connectivity index (χ4v) is 0.933. The minimum Gasteiger partial charge on any atom is -0.463 e. The summed E-state index contributed by atoms with van der Waals surface area (Å²) >= 11 is 0. The Bertz CT molecular complexity index is 329. The molecule has 0 saturated carbocycles. The maximum atomic E-state index is 11.0. The van der Waals surface area contributed by atoms with Gasteiger partial charge >= 0.3 is 5.97 Å². The van der Waals surface area contributed by atoms with Crippen LogP contribution >= 0.6 is 0 Å². The van der Waals surface area contributed by atoms with Crippen molar-refractivity contribution in [2.24, 2.45) is 5.73 Å². The first kappa shape index (κ1) is 10.7. The zero-order valence-corrected chi connectivity index (χ0v) is 8.11. The van der Waals surface area contributed by atoms with E-state index in [9.17, 15) is 4.79 Å². The molecule has 1 aromatic heterocycles. The quantitative estimate of drug-likeness (QED) is 0.681. The second kappa shape index (κ2) is 3.81. The summed E-state index contributed by atoms with van der Waals surface area (Å²) in [5.74, 6) is -0.141. The summed E-state index contributed by atoms with van der Waals surface area (Å²) in [7, 11) is 1.26. The summed E-state index contributed by atoms with van der Waals surface area (Å²) < 4.78 is 9.59. The van der Waals surface area contributed by atoms with Crippen LogP contribution in [0.3, 0.4) is 0 Å². The van der Waals surface area contributed by atoms with Crippen molar-refractivity contribution in [1.29, 1.82) is 0 Å². The molecule has 3 N–H and O–H groups in total. The Morgan fingerprint density at radius 3 is 2.86 bits per heavy atom. The summed E-state index contributed by atoms with van der Waals surface area (Å²) in [6.07, 6.45) is 0. The molecule has 0 spiro atoms. The van der Waals surface area contributed by atoms with Crippen molar-refractivity contribution in [3.63, 3.8) is 0 Å². The van der Waals surface area contributed by atoms with E-state index in [1.807, 2.05) is 0 Å². The van der Waals surface area contributed by atoms with E-state index in [0.717, 1.165) is 0 Å². The molecule has 0 aliphatic rings. The number of nitrogens with two attached hydrogens (primary N) is 1. The predicted octanol–water partition coefficient (Wildman–Crippen LogP) is 0.232. The second-order valence-electron chi connectivity index (χ2n) is 3.23. The molecule has 5 heteroatoms. The van der Waals surface area contributed by atoms with Gasteiger partial charge in [-0.15, -0.1) is 0 Å². The summed E-state index contributed by atoms with van der Waals surface area (Å²) in [4.78, 5) is 11.0. The lowest BCUT2D eigenvalue weighted by molar-refractivity contribution is 0.0558. The van der Waals surface area contributed by atoms with Crippen molar-refractivity contribution in [1.82, 2.24) is 0 Å². The van der Waals surface area contributed by atoms with E-state index in [0.29, 0.717) is 5.76 Å². The summed E-state index contributed by atoms with van der Waals surface area (Å²) in [6.45, 7) is 1.34. The zero-order valence-electron chi connectivity index (χ0n) is 8.11. The Hall–Kier alpha value is -1.33. The molecule has 0 bridgehead atoms. The van der Waals surface area contributed by atoms with Crippen molar-refractivity contribution in [2.45, 2.75) is 12.5 Å². The molecule has 0 saturated heterocycles. The molecule has 0 amide bonds. The molecule has 0 radical (unpaired) electrons. The Kier molecular flexibility index (Phi) is 2.93. The first-order chi connectivity index (χ1) is 6.51. The number of aliphatic hydroxyl groups excluding tert-OH is 1. The van der Waals surface area contributed by atoms with E-state index >= 15 is 0 Å². The van der Waals surface area contributed by atoms with Crippen LogP contribution in [-0.2, 0) is 10.3 Å². The molecule has 1 atom stereocenters. The van der Waals surface area contributed by atoms with Gasteiger partial charge in [0.25, 0.3) is 0 Å². The number of carbonyl (C=O) groups excluding carboxylic acids is 1. The highest BCUT2D eigenvalue weighted by Crippen LogP contribution is 2.20. The maximum absolute atomic E-state index is 11.0. The number of methoxy groups -OCH3 is 1. The van der Waals surface area contributed by atoms with E-state index in [1.54, 1.807) is 13.0 Å². The lowest BCUT2D eigenvalue weighted by atomic mass is 10.0. The van der Waals surface area contributed by atoms with Gasteiger partial charge in [0, 0.05) is 0 Å². The van der Waals surface area contributed by atoms with Gasteiger partial charge in [0.05, 0.1) is 19.3 Å². The first-order valence-electron chi connectivity index (χ1n) is 4.09. The Morgan fingerprint density at radius 1 is 1.71 bits per heavy atom. The van der Waals surface area contributed by atoms with Gasteiger partial charge in [-0.1, -0.05) is 0 Å². The van der Waals surface area contributed by atoms with Crippen molar-refractivity contribution in [3.05, 3.63) is 23.7 Å². The van der Waals surface area contributed by atoms with Crippen LogP contribution in [0, 0.1) is 0 Å². The number of furan rings is 1. The largest absolute Gasteiger partial charge is 0.463 e. The monoisotopic (exact) mass is 199 g/mol. The van der Waals surface area contributed by atoms with Crippen LogP contribution in [-0.4, -0.2) is 24.8 Å². The molecule has 0 fully saturated rings. The SMILES string of the molecule is COC(=O)c1ccc(C(C)(N)CO)o1. The molecule has 1 unspecified atom stereocenters. The number of esters is 1. The van der Waals surface area contributed by atoms with Gasteiger partial charge in [0.2, 0.25) is 5.76 Å². The third kappa shape index (κ3) is 1.94. The van der Waals surface area contributed by atoms with E-state index < -0.39 is 11.5 Å². The molecule has 5 nitrogen and oxygen atoms in total. The average molecular weight is 199 g/mol. The van der Waals surface area contributed by atoms with E-state index in [-0.39, 0.29) is 12.4 Å². The van der Waals surface area contributed by atoms with Crippen LogP contribution in [0.25, 0.3) is 0 Å². The van der Waals surface area contributed by atoms with Crippen LogP contribution < -0.4 is 5.73 Å². The number of hydrogen-bond donors (Lipinski definition) is 2. The molecule has 1 heterocycles. The summed E-state index contributed by atoms with van der Waals surface area (Å²) in [6, 6.07) is 3.00. The number of aliphatic hydroxyl groups is 1. The molecule has 14 heavy (non-hydrogen) atoms. The highest BCUT2D eigenvalue weighted by atomic mass is 16.5. The third-order valence-corrected chi connectivity index (χ3v) is 1.88. The first-order valence-corrected chi connectivity index (χ1v) is 4.09. The van der Waals surface area contributed by atoms with E-state index in [4.69, 9.17) is 15.3 Å². The molecule has 0 aliphatic heterocycles. The molecule has 0 aliphatic carbocycles. The average Bonchev–Trinajstić information content (AvgIpc) is 2.66. The molecular formula is C9H13NO4. The highest BCUT2D eigenvalue weighted by Gasteiger charge is 2.25. The van der Waals surface area contributed by atoms with Gasteiger partial charge in [-0.2, -0.15) is 0 Å². The van der Waals surface area contributed by atoms with Gasteiger partial charge in [-0.3, -0.25) is 0 Å². The van der Waals surface area contributed by atoms with Gasteiger partial charge in [0.1, 0.15) is 5.76 Å². The van der Waals surface area contributed by atoms with E-state index in [2.05, 4.69) is 4.74 Å². The van der Waals surface area contributed by atoms with Crippen LogP contribution in [0.1, 0.15) is 23.2 Å². The Balaban J connectivity index is 2.93. The fraction of sp³-hybridized carbons (Fsp3) is 0.444. The van der Waals surface area contributed by atoms with Crippen LogP contribution in [0.4, 0.5) is 0 Å². The zero-order chi connectivity index (χ0) is 10.8. The minimum absolute atomic E-state index is 0.0765. The molecule has 1 aromatic rings. The van der Waals surface area contributed by atoms with Crippen molar-refractivity contribution in [2.75, 3.05) is 13.7 Å². The highest BCUT2D eigenvalue weighted by molar-refractivity contribution is 5.86. The van der Waals surface area contributed by atoms with Crippen LogP contribution in [0.5, 0.6) is 0 Å². The third-order valence-electron chi connectivity index (χ3n) is 1.88. The fourth-order valence-electron chi connectivity index (χ4n) is 0.933. The van der Waals surface area contributed by atoms with E-state index in [1.165, 1.54) is 13.2 Å². The maximum Gasteiger partial charge on any atom is 0.373 e. The summed E-state index contributed by atoms with van der Waals surface area (Å²) in [5.41, 5.74) is 4.72. The van der Waals surface area contributed by atoms with Crippen LogP contribution in [0.15, 0.2) is 16.5 Å². The minimum atomic E-state index is -0.980. The van der Waals surface area contributed by atoms with Gasteiger partial charge in [0.15, 0.2) is 0 Å². The van der Waals surface area contributed by atoms with Crippen molar-refractivity contribution in [3.8, 4) is 0 Å². The van der Waals surface area contributed by atoms with Crippen molar-refractivity contribution >= 4 is 5.97 Å². The smallest absolute Gasteiger partial charge is 0.373 e.